The Bertz CT molecular complexity index is 1580. The highest BCUT2D eigenvalue weighted by Crippen LogP contribution is 2.67. The van der Waals surface area contributed by atoms with Crippen molar-refractivity contribution >= 4 is 32.7 Å². The van der Waals surface area contributed by atoms with E-state index in [1.165, 1.54) is 13.2 Å². The number of hydrogen-bond acceptors (Lipinski definition) is 7. The van der Waals surface area contributed by atoms with Crippen molar-refractivity contribution in [1.82, 2.24) is 10.3 Å². The Morgan fingerprint density at radius 3 is 2.54 bits per heavy atom. The zero-order chi connectivity index (χ0) is 29.4. The van der Waals surface area contributed by atoms with Gasteiger partial charge in [-0.1, -0.05) is 50.2 Å². The molecule has 0 spiro atoms. The van der Waals surface area contributed by atoms with E-state index in [4.69, 9.17) is 9.47 Å². The lowest BCUT2D eigenvalue weighted by Gasteiger charge is -2.41. The minimum Gasteiger partial charge on any atom is -0.467 e. The molecule has 218 valence electrons. The first-order chi connectivity index (χ1) is 19.5. The summed E-state index contributed by atoms with van der Waals surface area (Å²) in [4.78, 5) is 29.3. The van der Waals surface area contributed by atoms with Crippen LogP contribution in [0.15, 0.2) is 77.5 Å². The van der Waals surface area contributed by atoms with E-state index in [0.29, 0.717) is 25.0 Å². The molecule has 1 heterocycles. The van der Waals surface area contributed by atoms with Gasteiger partial charge in [-0.2, -0.15) is 0 Å². The predicted octanol–water partition coefficient (Wildman–Crippen LogP) is 4.96. The molecule has 2 aliphatic carbocycles. The largest absolute Gasteiger partial charge is 0.467 e. The first-order valence-corrected chi connectivity index (χ1v) is 15.7. The highest BCUT2D eigenvalue weighted by Gasteiger charge is 2.66. The van der Waals surface area contributed by atoms with Gasteiger partial charge in [0, 0.05) is 40.7 Å². The number of benzene rings is 2. The van der Waals surface area contributed by atoms with E-state index >= 15 is 0 Å². The third-order valence-electron chi connectivity index (χ3n) is 9.49. The number of nitrogens with one attached hydrogen (secondary N) is 2. The molecule has 4 atom stereocenters. The minimum absolute atomic E-state index is 0.0680. The summed E-state index contributed by atoms with van der Waals surface area (Å²) in [5.41, 5.74) is 1.40. The van der Waals surface area contributed by atoms with Crippen LogP contribution < -0.4 is 5.32 Å². The second kappa shape index (κ2) is 11.0. The monoisotopic (exact) mass is 578 g/mol. The van der Waals surface area contributed by atoms with Gasteiger partial charge in [0.15, 0.2) is 9.84 Å². The number of esters is 2. The molecule has 2 fully saturated rings. The number of ether oxygens (including phenoxy) is 2. The number of fused-ring (bicyclic) bond motifs is 3. The van der Waals surface area contributed by atoms with Gasteiger partial charge in [0.05, 0.1) is 17.8 Å². The molecule has 8 nitrogen and oxygen atoms in total. The van der Waals surface area contributed by atoms with Gasteiger partial charge in [-0.3, -0.25) is 0 Å². The molecule has 9 heteroatoms. The summed E-state index contributed by atoms with van der Waals surface area (Å²) in [6.45, 7) is 5.91. The van der Waals surface area contributed by atoms with E-state index in [1.54, 1.807) is 37.3 Å². The van der Waals surface area contributed by atoms with Gasteiger partial charge in [-0.15, -0.1) is 0 Å². The number of sulfone groups is 1. The molecule has 2 aromatic carbocycles. The van der Waals surface area contributed by atoms with Crippen LogP contribution in [0.4, 0.5) is 0 Å². The zero-order valence-electron chi connectivity index (χ0n) is 24.0. The second-order valence-electron chi connectivity index (χ2n) is 12.0. The van der Waals surface area contributed by atoms with Gasteiger partial charge in [0.1, 0.15) is 12.1 Å². The summed E-state index contributed by atoms with van der Waals surface area (Å²) in [5, 5.41) is 4.13. The lowest BCUT2D eigenvalue weighted by atomic mass is 9.69. The molecule has 0 radical (unpaired) electrons. The van der Waals surface area contributed by atoms with Crippen LogP contribution in [0.25, 0.3) is 10.9 Å². The number of para-hydroxylation sites is 1. The first kappa shape index (κ1) is 28.9. The molecule has 2 bridgehead atoms. The maximum atomic E-state index is 13.5. The number of carbonyl (C=O) groups is 2. The number of allylic oxidation sites excluding steroid dienone is 1. The molecule has 0 saturated heterocycles. The van der Waals surface area contributed by atoms with Crippen molar-refractivity contribution in [2.75, 3.05) is 12.9 Å². The van der Waals surface area contributed by atoms with Crippen molar-refractivity contribution < 1.29 is 27.5 Å². The van der Waals surface area contributed by atoms with Crippen LogP contribution >= 0.6 is 0 Å². The van der Waals surface area contributed by atoms with Crippen molar-refractivity contribution in [2.24, 2.45) is 16.7 Å². The quantitative estimate of drug-likeness (QED) is 0.258. The highest BCUT2D eigenvalue weighted by atomic mass is 32.2. The van der Waals surface area contributed by atoms with Gasteiger partial charge in [0.2, 0.25) is 0 Å². The summed E-state index contributed by atoms with van der Waals surface area (Å²) < 4.78 is 38.0. The van der Waals surface area contributed by atoms with Crippen LogP contribution in [0.1, 0.15) is 45.6 Å². The Morgan fingerprint density at radius 2 is 1.83 bits per heavy atom. The fourth-order valence-corrected chi connectivity index (χ4v) is 9.20. The minimum atomic E-state index is -3.59. The Labute approximate surface area is 241 Å². The average molecular weight is 579 g/mol. The van der Waals surface area contributed by atoms with Crippen molar-refractivity contribution in [3.63, 3.8) is 0 Å². The number of methoxy groups -OCH3 is 1. The second-order valence-corrected chi connectivity index (χ2v) is 13.9. The first-order valence-electron chi connectivity index (χ1n) is 14.0. The smallest absolute Gasteiger partial charge is 0.332 e. The van der Waals surface area contributed by atoms with Crippen molar-refractivity contribution in [1.29, 1.82) is 0 Å². The maximum Gasteiger partial charge on any atom is 0.332 e. The molecule has 0 aliphatic heterocycles. The molecule has 41 heavy (non-hydrogen) atoms. The SMILES string of the molecule is COC(=O)[C@H](Cc1c[nH]c2ccccc12)N/C(C)=C\C(=O)O[C@H]1C[C@@H]2CC[C@@]1(CS(=O)(=O)c1ccccc1)C2(C)C. The molecule has 0 amide bonds. The molecule has 2 N–H and O–H groups in total. The van der Waals surface area contributed by atoms with Gasteiger partial charge >= 0.3 is 11.9 Å². The fourth-order valence-electron chi connectivity index (χ4n) is 7.08. The number of aromatic nitrogens is 1. The highest BCUT2D eigenvalue weighted by molar-refractivity contribution is 7.91. The number of H-pyrrole nitrogens is 1. The van der Waals surface area contributed by atoms with Crippen molar-refractivity contribution in [3.8, 4) is 0 Å². The number of carbonyl (C=O) groups excluding carboxylic acids is 2. The van der Waals surface area contributed by atoms with Gasteiger partial charge in [-0.25, -0.2) is 18.0 Å². The summed E-state index contributed by atoms with van der Waals surface area (Å²) in [6, 6.07) is 15.6. The molecule has 5 rings (SSSR count). The van der Waals surface area contributed by atoms with Crippen molar-refractivity contribution in [3.05, 3.63) is 78.1 Å². The maximum absolute atomic E-state index is 13.5. The molecule has 3 aromatic rings. The third kappa shape index (κ3) is 5.39. The van der Waals surface area contributed by atoms with Crippen LogP contribution in [-0.4, -0.2) is 50.3 Å². The molecule has 1 aromatic heterocycles. The van der Waals surface area contributed by atoms with Gasteiger partial charge in [-0.05, 0) is 61.3 Å². The lowest BCUT2D eigenvalue weighted by molar-refractivity contribution is -0.150. The standard InChI is InChI=1S/C32H38N2O6S/c1-21(34-27(30(36)39-4)17-22-19-33-26-13-9-8-12-25(22)26)16-29(35)40-28-18-23-14-15-32(28,31(23,2)3)20-41(37,38)24-10-6-5-7-11-24/h5-13,16,19,23,27-28,33-34H,14-15,17-18,20H2,1-4H3/b21-16-/t23-,27-,28-,32-/m0/s1. The average Bonchev–Trinajstić information content (AvgIpc) is 3.52. The van der Waals surface area contributed by atoms with E-state index in [9.17, 15) is 18.0 Å². The van der Waals surface area contributed by atoms with E-state index in [0.717, 1.165) is 22.9 Å². The van der Waals surface area contributed by atoms with Gasteiger partial charge in [0.25, 0.3) is 0 Å². The third-order valence-corrected chi connectivity index (χ3v) is 11.4. The molecule has 2 aliphatic rings. The van der Waals surface area contributed by atoms with Crippen molar-refractivity contribution in [2.45, 2.75) is 63.5 Å². The van der Waals surface area contributed by atoms with E-state index in [2.05, 4.69) is 24.1 Å². The van der Waals surface area contributed by atoms with Gasteiger partial charge < -0.3 is 19.8 Å². The predicted molar refractivity (Wildman–Crippen MR) is 157 cm³/mol. The number of rotatable bonds is 10. The van der Waals surface area contributed by atoms with E-state index in [-0.39, 0.29) is 22.0 Å². The summed E-state index contributed by atoms with van der Waals surface area (Å²) in [7, 11) is -2.26. The summed E-state index contributed by atoms with van der Waals surface area (Å²) in [6.07, 6.45) is 5.28. The summed E-state index contributed by atoms with van der Waals surface area (Å²) >= 11 is 0. The molecule has 0 unspecified atom stereocenters. The van der Waals surface area contributed by atoms with Crippen LogP contribution in [-0.2, 0) is 35.3 Å². The summed E-state index contributed by atoms with van der Waals surface area (Å²) in [5.74, 6) is -0.803. The molecular formula is C32H38N2O6S. The van der Waals surface area contributed by atoms with E-state index in [1.807, 2.05) is 30.5 Å². The van der Waals surface area contributed by atoms with E-state index < -0.39 is 39.3 Å². The normalized spacial score (nSPS) is 24.2. The Hall–Kier alpha value is -3.59. The Kier molecular flexibility index (Phi) is 7.76. The fraction of sp³-hybridized carbons (Fsp3) is 0.438. The number of aromatic amines is 1. The Balaban J connectivity index is 1.32. The topological polar surface area (TPSA) is 115 Å². The Morgan fingerprint density at radius 1 is 1.12 bits per heavy atom. The van der Waals surface area contributed by atoms with Crippen LogP contribution in [0.5, 0.6) is 0 Å². The van der Waals surface area contributed by atoms with Crippen LogP contribution in [0.3, 0.4) is 0 Å². The molecule has 2 saturated carbocycles. The molecular weight excluding hydrogens is 540 g/mol. The number of hydrogen-bond donors (Lipinski definition) is 2. The zero-order valence-corrected chi connectivity index (χ0v) is 24.8. The van der Waals surface area contributed by atoms with Crippen LogP contribution in [0, 0.1) is 16.7 Å². The lowest BCUT2D eigenvalue weighted by Crippen LogP contribution is -2.46. The van der Waals surface area contributed by atoms with Crippen LogP contribution in [0.2, 0.25) is 0 Å².